The molecule has 10 heteroatoms. The normalized spacial score (nSPS) is 15.4. The van der Waals surface area contributed by atoms with Crippen molar-refractivity contribution in [3.8, 4) is 0 Å². The van der Waals surface area contributed by atoms with E-state index in [0.29, 0.717) is 26.1 Å². The third kappa shape index (κ3) is 3.25. The average Bonchev–Trinajstić information content (AvgIpc) is 2.53. The van der Waals surface area contributed by atoms with Crippen molar-refractivity contribution in [2.45, 2.75) is 18.9 Å². The molecule has 0 amide bonds. The molecule has 0 N–H and O–H groups in total. The van der Waals surface area contributed by atoms with Crippen LogP contribution in [0.25, 0.3) is 0 Å². The van der Waals surface area contributed by atoms with E-state index in [1.807, 2.05) is 0 Å². The maximum absolute atomic E-state index is 11.7. The Bertz CT molecular complexity index is 591. The van der Waals surface area contributed by atoms with Gasteiger partial charge in [0.2, 0.25) is 16.8 Å². The first-order valence-electron chi connectivity index (χ1n) is 6.56. The summed E-state index contributed by atoms with van der Waals surface area (Å²) in [7, 11) is 2.78. The zero-order valence-electron chi connectivity index (χ0n) is 12.1. The maximum Gasteiger partial charge on any atom is 0.364 e. The summed E-state index contributed by atoms with van der Waals surface area (Å²) in [5.41, 5.74) is -0.966. The van der Waals surface area contributed by atoms with Gasteiger partial charge >= 0.3 is 11.7 Å². The smallest absolute Gasteiger partial charge is 0.364 e. The number of ether oxygens (including phenoxy) is 2. The summed E-state index contributed by atoms with van der Waals surface area (Å²) in [6, 6.07) is 0.00362. The molecule has 0 saturated carbocycles. The number of esters is 1. The molecule has 9 nitrogen and oxygen atoms in total. The number of anilines is 1. The van der Waals surface area contributed by atoms with Crippen molar-refractivity contribution in [2.24, 2.45) is 0 Å². The molecule has 2 rings (SSSR count). The minimum absolute atomic E-state index is 0.00250. The number of nitrogens with zero attached hydrogens (tertiary/aromatic N) is 4. The highest BCUT2D eigenvalue weighted by molar-refractivity contribution is 6.28. The van der Waals surface area contributed by atoms with Gasteiger partial charge in [-0.2, -0.15) is 4.98 Å². The number of rotatable bonds is 4. The second-order valence-electron chi connectivity index (χ2n) is 4.72. The molecule has 0 unspecified atom stereocenters. The third-order valence-electron chi connectivity index (χ3n) is 3.47. The molecule has 0 bridgehead atoms. The van der Waals surface area contributed by atoms with Crippen molar-refractivity contribution in [2.75, 3.05) is 32.3 Å². The van der Waals surface area contributed by atoms with Gasteiger partial charge in [-0.15, -0.1) is 0 Å². The van der Waals surface area contributed by atoms with E-state index in [9.17, 15) is 14.9 Å². The second kappa shape index (κ2) is 6.84. The van der Waals surface area contributed by atoms with E-state index in [1.165, 1.54) is 0 Å². The predicted octanol–water partition coefficient (Wildman–Crippen LogP) is 1.44. The van der Waals surface area contributed by atoms with Gasteiger partial charge in [-0.25, -0.2) is 9.78 Å². The van der Waals surface area contributed by atoms with Crippen LogP contribution in [0.15, 0.2) is 0 Å². The first-order chi connectivity index (χ1) is 10.5. The molecule has 1 aliphatic heterocycles. The number of methoxy groups -OCH3 is 1. The molecule has 1 fully saturated rings. The van der Waals surface area contributed by atoms with Crippen molar-refractivity contribution < 1.29 is 19.2 Å². The molecular weight excluding hydrogens is 316 g/mol. The minimum Gasteiger partial charge on any atom is -0.464 e. The van der Waals surface area contributed by atoms with Crippen LogP contribution >= 0.6 is 11.6 Å². The summed E-state index contributed by atoms with van der Waals surface area (Å²) < 4.78 is 9.80. The molecule has 2 heterocycles. The maximum atomic E-state index is 11.7. The lowest BCUT2D eigenvalue weighted by Crippen LogP contribution is -2.37. The monoisotopic (exact) mass is 330 g/mol. The predicted molar refractivity (Wildman–Crippen MR) is 77.3 cm³/mol. The van der Waals surface area contributed by atoms with Gasteiger partial charge < -0.3 is 14.4 Å². The standard InChI is InChI=1S/C12H15ClN4O5/c1-16(7-3-5-22-6-4-7)10-9(17(19)20)8(11(18)21-2)14-12(13)15-10/h7H,3-6H2,1-2H3. The van der Waals surface area contributed by atoms with Crippen LogP contribution < -0.4 is 4.90 Å². The van der Waals surface area contributed by atoms with E-state index in [0.717, 1.165) is 7.11 Å². The summed E-state index contributed by atoms with van der Waals surface area (Å²) in [6.45, 7) is 1.12. The lowest BCUT2D eigenvalue weighted by atomic mass is 10.1. The van der Waals surface area contributed by atoms with Crippen LogP contribution in [0.3, 0.4) is 0 Å². The Hall–Kier alpha value is -2.00. The topological polar surface area (TPSA) is 108 Å². The zero-order chi connectivity index (χ0) is 16.3. The molecule has 1 aromatic rings. The van der Waals surface area contributed by atoms with Crippen LogP contribution in [0.5, 0.6) is 0 Å². The average molecular weight is 331 g/mol. The molecule has 0 aromatic carbocycles. The number of aromatic nitrogens is 2. The number of carbonyl (C=O) groups excluding carboxylic acids is 1. The number of hydrogen-bond acceptors (Lipinski definition) is 8. The summed E-state index contributed by atoms with van der Waals surface area (Å²) in [5.74, 6) is -0.935. The molecule has 120 valence electrons. The van der Waals surface area contributed by atoms with Crippen LogP contribution in [-0.4, -0.2) is 54.3 Å². The van der Waals surface area contributed by atoms with Gasteiger partial charge in [0.1, 0.15) is 0 Å². The Balaban J connectivity index is 2.51. The molecule has 0 aliphatic carbocycles. The fourth-order valence-electron chi connectivity index (χ4n) is 2.31. The summed E-state index contributed by atoms with van der Waals surface area (Å²) in [5, 5.41) is 11.1. The van der Waals surface area contributed by atoms with Crippen molar-refractivity contribution in [3.63, 3.8) is 0 Å². The summed E-state index contributed by atoms with van der Waals surface area (Å²) >= 11 is 5.81. The van der Waals surface area contributed by atoms with Crippen molar-refractivity contribution in [3.05, 3.63) is 21.1 Å². The fraction of sp³-hybridized carbons (Fsp3) is 0.583. The van der Waals surface area contributed by atoms with Gasteiger partial charge in [-0.1, -0.05) is 0 Å². The number of halogens is 1. The van der Waals surface area contributed by atoms with E-state index in [2.05, 4.69) is 14.7 Å². The van der Waals surface area contributed by atoms with Gasteiger partial charge in [0.15, 0.2) is 0 Å². The highest BCUT2D eigenvalue weighted by atomic mass is 35.5. The van der Waals surface area contributed by atoms with Crippen LogP contribution in [0.4, 0.5) is 11.5 Å². The summed E-state index contributed by atoms with van der Waals surface area (Å²) in [6.07, 6.45) is 1.39. The van der Waals surface area contributed by atoms with Crippen molar-refractivity contribution >= 4 is 29.1 Å². The third-order valence-corrected chi connectivity index (χ3v) is 3.64. The lowest BCUT2D eigenvalue weighted by molar-refractivity contribution is -0.385. The minimum atomic E-state index is -0.933. The first-order valence-corrected chi connectivity index (χ1v) is 6.94. The van der Waals surface area contributed by atoms with Crippen LogP contribution in [0, 0.1) is 10.1 Å². The Labute approximate surface area is 131 Å². The van der Waals surface area contributed by atoms with Crippen LogP contribution in [-0.2, 0) is 9.47 Å². The number of carbonyl (C=O) groups is 1. The van der Waals surface area contributed by atoms with E-state index in [4.69, 9.17) is 16.3 Å². The van der Waals surface area contributed by atoms with Gasteiger partial charge in [-0.05, 0) is 24.4 Å². The molecule has 1 saturated heterocycles. The summed E-state index contributed by atoms with van der Waals surface area (Å²) in [4.78, 5) is 31.6. The fourth-order valence-corrected chi connectivity index (χ4v) is 2.48. The van der Waals surface area contributed by atoms with E-state index in [1.54, 1.807) is 11.9 Å². The quantitative estimate of drug-likeness (QED) is 0.353. The first kappa shape index (κ1) is 16.4. The molecule has 1 aromatic heterocycles. The molecular formula is C12H15ClN4O5. The molecule has 0 atom stereocenters. The SMILES string of the molecule is COC(=O)c1nc(Cl)nc(N(C)C2CCOCC2)c1[N+](=O)[O-]. The van der Waals surface area contributed by atoms with E-state index < -0.39 is 22.3 Å². The highest BCUT2D eigenvalue weighted by Gasteiger charge is 2.34. The number of hydrogen-bond donors (Lipinski definition) is 0. The Morgan fingerprint density at radius 3 is 2.64 bits per heavy atom. The molecule has 0 radical (unpaired) electrons. The largest absolute Gasteiger partial charge is 0.464 e. The van der Waals surface area contributed by atoms with Gasteiger partial charge in [0.05, 0.1) is 12.0 Å². The molecule has 1 aliphatic rings. The van der Waals surface area contributed by atoms with Gasteiger partial charge in [0.25, 0.3) is 0 Å². The highest BCUT2D eigenvalue weighted by Crippen LogP contribution is 2.32. The second-order valence-corrected chi connectivity index (χ2v) is 5.05. The molecule has 22 heavy (non-hydrogen) atoms. The Morgan fingerprint density at radius 2 is 2.09 bits per heavy atom. The van der Waals surface area contributed by atoms with Crippen LogP contribution in [0.1, 0.15) is 23.3 Å². The van der Waals surface area contributed by atoms with Gasteiger partial charge in [0, 0.05) is 26.3 Å². The Morgan fingerprint density at radius 1 is 1.45 bits per heavy atom. The van der Waals surface area contributed by atoms with Crippen molar-refractivity contribution in [1.29, 1.82) is 0 Å². The van der Waals surface area contributed by atoms with E-state index in [-0.39, 0.29) is 17.1 Å². The van der Waals surface area contributed by atoms with Crippen molar-refractivity contribution in [1.82, 2.24) is 9.97 Å². The van der Waals surface area contributed by atoms with E-state index >= 15 is 0 Å². The number of nitro groups is 1. The lowest BCUT2D eigenvalue weighted by Gasteiger charge is -2.31. The zero-order valence-corrected chi connectivity index (χ0v) is 12.9. The van der Waals surface area contributed by atoms with Crippen LogP contribution in [0.2, 0.25) is 5.28 Å². The van der Waals surface area contributed by atoms with Gasteiger partial charge in [-0.3, -0.25) is 10.1 Å². The molecule has 0 spiro atoms. The Kier molecular flexibility index (Phi) is 5.09.